The highest BCUT2D eigenvalue weighted by molar-refractivity contribution is 7.60. The molecule has 0 unspecified atom stereocenters. The molecule has 0 aromatic rings. The van der Waals surface area contributed by atoms with Crippen LogP contribution in [0.2, 0.25) is 0 Å². The Bertz CT molecular complexity index is 194. The molecular formula is C5H16O7P2. The molecular weight excluding hydrogens is 234 g/mol. The minimum atomic E-state index is -5.05. The molecule has 0 amide bonds. The standard InChI is InChI=1S/C5H12.H4O7P2/c1-3-5-4-2;1-8(2,3)7-9(4,5)6/h3-5H2,1-2H3;(H2,1,2,3)(H2,4,5,6). The summed E-state index contributed by atoms with van der Waals surface area (Å²) in [7, 11) is -10.1. The van der Waals surface area contributed by atoms with E-state index in [-0.39, 0.29) is 0 Å². The molecule has 88 valence electrons. The van der Waals surface area contributed by atoms with Crippen LogP contribution in [0.1, 0.15) is 33.1 Å². The SMILES string of the molecule is CCCCC.O=P(O)(O)OP(=O)(O)O. The predicted molar refractivity (Wildman–Crippen MR) is 50.4 cm³/mol. The lowest BCUT2D eigenvalue weighted by atomic mass is 10.3. The Hall–Kier alpha value is 0.260. The summed E-state index contributed by atoms with van der Waals surface area (Å²) in [5, 5.41) is 0. The lowest BCUT2D eigenvalue weighted by Crippen LogP contribution is -1.84. The molecule has 4 N–H and O–H groups in total. The summed E-state index contributed by atoms with van der Waals surface area (Å²) in [5.41, 5.74) is 0. The van der Waals surface area contributed by atoms with Crippen LogP contribution in [-0.4, -0.2) is 19.6 Å². The van der Waals surface area contributed by atoms with Crippen molar-refractivity contribution in [2.45, 2.75) is 33.1 Å². The summed E-state index contributed by atoms with van der Waals surface area (Å²) < 4.78 is 22.2. The summed E-state index contributed by atoms with van der Waals surface area (Å²) in [5.74, 6) is 0. The van der Waals surface area contributed by atoms with Gasteiger partial charge in [-0.05, 0) is 0 Å². The molecule has 7 nitrogen and oxygen atoms in total. The molecule has 14 heavy (non-hydrogen) atoms. The third-order valence-corrected chi connectivity index (χ3v) is 2.62. The molecule has 0 aromatic heterocycles. The molecule has 0 radical (unpaired) electrons. The third-order valence-electron chi connectivity index (χ3n) is 0.920. The summed E-state index contributed by atoms with van der Waals surface area (Å²) in [6, 6.07) is 0. The Balaban J connectivity index is 0. The first-order chi connectivity index (χ1) is 6.12. The lowest BCUT2D eigenvalue weighted by Gasteiger charge is -2.03. The molecule has 0 saturated heterocycles. The van der Waals surface area contributed by atoms with Crippen LogP contribution in [0.4, 0.5) is 0 Å². The van der Waals surface area contributed by atoms with Crippen molar-refractivity contribution >= 4 is 15.6 Å². The fourth-order valence-corrected chi connectivity index (χ4v) is 1.60. The van der Waals surface area contributed by atoms with Crippen LogP contribution < -0.4 is 0 Å². The summed E-state index contributed by atoms with van der Waals surface area (Å²) in [6.45, 7) is 4.42. The highest BCUT2D eigenvalue weighted by Crippen LogP contribution is 2.53. The van der Waals surface area contributed by atoms with Crippen molar-refractivity contribution in [3.8, 4) is 0 Å². The molecule has 0 atom stereocenters. The average molecular weight is 250 g/mol. The Labute approximate surface area is 82.6 Å². The van der Waals surface area contributed by atoms with E-state index in [1.807, 2.05) is 0 Å². The van der Waals surface area contributed by atoms with Gasteiger partial charge in [-0.15, -0.1) is 0 Å². The van der Waals surface area contributed by atoms with E-state index in [1.165, 1.54) is 19.3 Å². The third kappa shape index (κ3) is 22.8. The Morgan fingerprint density at radius 2 is 1.21 bits per heavy atom. The van der Waals surface area contributed by atoms with Crippen LogP contribution in [-0.2, 0) is 13.4 Å². The van der Waals surface area contributed by atoms with Crippen molar-refractivity contribution in [1.29, 1.82) is 0 Å². The van der Waals surface area contributed by atoms with Gasteiger partial charge in [0.15, 0.2) is 0 Å². The molecule has 0 fully saturated rings. The van der Waals surface area contributed by atoms with Gasteiger partial charge in [-0.25, -0.2) is 9.13 Å². The predicted octanol–water partition coefficient (Wildman–Crippen LogP) is 1.38. The van der Waals surface area contributed by atoms with Crippen molar-refractivity contribution in [2.24, 2.45) is 0 Å². The van der Waals surface area contributed by atoms with Gasteiger partial charge in [-0.1, -0.05) is 33.1 Å². The molecule has 0 aromatic carbocycles. The van der Waals surface area contributed by atoms with Gasteiger partial charge < -0.3 is 19.6 Å². The summed E-state index contributed by atoms with van der Waals surface area (Å²) in [4.78, 5) is 31.0. The second kappa shape index (κ2) is 7.54. The highest BCUT2D eigenvalue weighted by atomic mass is 31.3. The zero-order valence-corrected chi connectivity index (χ0v) is 9.82. The van der Waals surface area contributed by atoms with Gasteiger partial charge >= 0.3 is 15.6 Å². The first kappa shape index (κ1) is 16.7. The zero-order valence-electron chi connectivity index (χ0n) is 8.03. The number of hydrogen-bond acceptors (Lipinski definition) is 3. The van der Waals surface area contributed by atoms with E-state index in [2.05, 4.69) is 18.2 Å². The van der Waals surface area contributed by atoms with Crippen LogP contribution in [0, 0.1) is 0 Å². The number of rotatable bonds is 4. The fraction of sp³-hybridized carbons (Fsp3) is 1.00. The topological polar surface area (TPSA) is 124 Å². The van der Waals surface area contributed by atoms with E-state index in [0.29, 0.717) is 0 Å². The molecule has 0 bridgehead atoms. The second-order valence-electron chi connectivity index (χ2n) is 2.42. The van der Waals surface area contributed by atoms with Gasteiger partial charge in [0.05, 0.1) is 0 Å². The van der Waals surface area contributed by atoms with Crippen LogP contribution in [0.5, 0.6) is 0 Å². The second-order valence-corrected chi connectivity index (χ2v) is 5.03. The zero-order chi connectivity index (χ0) is 11.8. The quantitative estimate of drug-likeness (QED) is 0.555. The largest absolute Gasteiger partial charge is 0.478 e. The Morgan fingerprint density at radius 3 is 1.21 bits per heavy atom. The number of unbranched alkanes of at least 4 members (excludes halogenated alkanes) is 2. The monoisotopic (exact) mass is 250 g/mol. The van der Waals surface area contributed by atoms with E-state index in [1.54, 1.807) is 0 Å². The molecule has 0 aliphatic carbocycles. The van der Waals surface area contributed by atoms with Crippen molar-refractivity contribution < 1.29 is 33.0 Å². The molecule has 0 spiro atoms. The van der Waals surface area contributed by atoms with Crippen LogP contribution in [0.3, 0.4) is 0 Å². The van der Waals surface area contributed by atoms with Gasteiger partial charge in [0.1, 0.15) is 0 Å². The smallest absolute Gasteiger partial charge is 0.302 e. The molecule has 0 saturated carbocycles. The van der Waals surface area contributed by atoms with Crippen molar-refractivity contribution in [3.05, 3.63) is 0 Å². The number of hydrogen-bond donors (Lipinski definition) is 4. The van der Waals surface area contributed by atoms with Crippen LogP contribution in [0.15, 0.2) is 0 Å². The maximum absolute atomic E-state index is 9.63. The van der Waals surface area contributed by atoms with Crippen molar-refractivity contribution in [3.63, 3.8) is 0 Å². The molecule has 9 heteroatoms. The first-order valence-corrected chi connectivity index (χ1v) is 7.01. The van der Waals surface area contributed by atoms with Gasteiger partial charge in [-0.3, -0.25) is 0 Å². The minimum Gasteiger partial charge on any atom is -0.302 e. The minimum absolute atomic E-state index is 1.34. The lowest BCUT2D eigenvalue weighted by molar-refractivity contribution is 0.225. The van der Waals surface area contributed by atoms with Gasteiger partial charge in [0, 0.05) is 0 Å². The van der Waals surface area contributed by atoms with E-state index in [4.69, 9.17) is 19.6 Å². The fourth-order valence-electron chi connectivity index (χ4n) is 0.492. The molecule has 0 heterocycles. The normalized spacial score (nSPS) is 11.9. The van der Waals surface area contributed by atoms with Crippen LogP contribution in [0.25, 0.3) is 0 Å². The Morgan fingerprint density at radius 1 is 0.929 bits per heavy atom. The molecule has 0 rings (SSSR count). The van der Waals surface area contributed by atoms with E-state index in [0.717, 1.165) is 0 Å². The number of phosphoric acid groups is 2. The maximum atomic E-state index is 9.63. The van der Waals surface area contributed by atoms with E-state index >= 15 is 0 Å². The first-order valence-electron chi connectivity index (χ1n) is 3.94. The van der Waals surface area contributed by atoms with Crippen LogP contribution >= 0.6 is 15.6 Å². The molecule has 0 aliphatic rings. The summed E-state index contributed by atoms with van der Waals surface area (Å²) >= 11 is 0. The average Bonchev–Trinajstić information content (AvgIpc) is 1.81. The van der Waals surface area contributed by atoms with E-state index < -0.39 is 15.6 Å². The highest BCUT2D eigenvalue weighted by Gasteiger charge is 2.27. The van der Waals surface area contributed by atoms with Gasteiger partial charge in [0.25, 0.3) is 0 Å². The van der Waals surface area contributed by atoms with Gasteiger partial charge in [0.2, 0.25) is 0 Å². The van der Waals surface area contributed by atoms with Crippen molar-refractivity contribution in [1.82, 2.24) is 0 Å². The van der Waals surface area contributed by atoms with Crippen molar-refractivity contribution in [2.75, 3.05) is 0 Å². The van der Waals surface area contributed by atoms with Gasteiger partial charge in [-0.2, -0.15) is 4.31 Å². The Kier molecular flexibility index (Phi) is 8.98. The molecule has 0 aliphatic heterocycles. The van der Waals surface area contributed by atoms with E-state index in [9.17, 15) is 9.13 Å². The summed E-state index contributed by atoms with van der Waals surface area (Å²) in [6.07, 6.45) is 4.08. The maximum Gasteiger partial charge on any atom is 0.478 e.